The van der Waals surface area contributed by atoms with Crippen molar-refractivity contribution in [1.82, 2.24) is 0 Å². The fourth-order valence-electron chi connectivity index (χ4n) is 10.6. The van der Waals surface area contributed by atoms with Gasteiger partial charge in [-0.1, -0.05) is 299 Å². The number of rotatable bonds is 68. The molecule has 0 rings (SSSR count). The Bertz CT molecular complexity index is 1780. The number of hydrogen-bond acceptors (Lipinski definition) is 15. The van der Waals surface area contributed by atoms with Crippen LogP contribution in [0.3, 0.4) is 0 Å². The van der Waals surface area contributed by atoms with Gasteiger partial charge in [-0.05, 0) is 49.4 Å². The molecular formula is C71H138O17P2. The SMILES string of the molecule is CCC(C)CCCCCCCCCCC(=O)O[C@H](COC(=O)CCCCCCCCC(C)C)COP(=O)(O)OC[C@H](O)COP(=O)(O)OC[C@@H](COC(=O)CCCCCCCCCCCC(C)C)OC(=O)CCCCCCCCCCCCCCCCC(C)C. The average molecular weight is 1330 g/mol. The molecule has 0 aromatic rings. The zero-order valence-corrected chi connectivity index (χ0v) is 60.6. The molecule has 0 aliphatic heterocycles. The van der Waals surface area contributed by atoms with E-state index in [4.69, 9.17) is 37.0 Å². The molecule has 17 nitrogen and oxygen atoms in total. The third-order valence-corrected chi connectivity index (χ3v) is 18.6. The summed E-state index contributed by atoms with van der Waals surface area (Å²) in [5, 5.41) is 10.6. The van der Waals surface area contributed by atoms with Crippen molar-refractivity contribution in [2.75, 3.05) is 39.6 Å². The van der Waals surface area contributed by atoms with Gasteiger partial charge in [-0.15, -0.1) is 0 Å². The van der Waals surface area contributed by atoms with Crippen molar-refractivity contribution < 1.29 is 80.2 Å². The molecule has 3 N–H and O–H groups in total. The van der Waals surface area contributed by atoms with Crippen molar-refractivity contribution in [2.24, 2.45) is 23.7 Å². The van der Waals surface area contributed by atoms with Gasteiger partial charge < -0.3 is 33.8 Å². The van der Waals surface area contributed by atoms with Gasteiger partial charge >= 0.3 is 39.5 Å². The number of esters is 4. The first-order chi connectivity index (χ1) is 43.1. The van der Waals surface area contributed by atoms with Crippen LogP contribution in [-0.4, -0.2) is 96.7 Å². The fraction of sp³-hybridized carbons (Fsp3) is 0.944. The summed E-state index contributed by atoms with van der Waals surface area (Å²) in [7, 11) is -9.90. The minimum absolute atomic E-state index is 0.103. The smallest absolute Gasteiger partial charge is 0.462 e. The number of ether oxygens (including phenoxy) is 4. The fourth-order valence-corrected chi connectivity index (χ4v) is 12.2. The molecule has 19 heteroatoms. The van der Waals surface area contributed by atoms with Gasteiger partial charge in [0.25, 0.3) is 0 Å². The molecule has 0 aromatic heterocycles. The van der Waals surface area contributed by atoms with E-state index in [-0.39, 0.29) is 25.7 Å². The molecular weight excluding hydrogens is 1190 g/mol. The van der Waals surface area contributed by atoms with Crippen LogP contribution in [-0.2, 0) is 65.4 Å². The summed E-state index contributed by atoms with van der Waals surface area (Å²) in [4.78, 5) is 72.5. The predicted molar refractivity (Wildman–Crippen MR) is 363 cm³/mol. The van der Waals surface area contributed by atoms with Gasteiger partial charge in [0.2, 0.25) is 0 Å². The second-order valence-corrected chi connectivity index (χ2v) is 30.2. The molecule has 3 unspecified atom stereocenters. The van der Waals surface area contributed by atoms with E-state index >= 15 is 0 Å². The van der Waals surface area contributed by atoms with Crippen molar-refractivity contribution in [1.29, 1.82) is 0 Å². The Morgan fingerprint density at radius 3 is 0.789 bits per heavy atom. The molecule has 6 atom stereocenters. The standard InChI is InChI=1S/C71H138O17P2/c1-9-64(8)50-42-34-25-21-22-28-38-46-54-71(76)88-67(58-82-69(74)52-44-36-30-29-33-41-49-63(6)7)60-86-90(79,80)84-56-65(72)55-83-89(77,78)85-59-66(57-81-68(73)51-43-35-26-20-16-18-24-32-40-48-62(4)5)87-70(75)53-45-37-27-19-15-13-11-10-12-14-17-23-31-39-47-61(2)3/h61-67,72H,9-60H2,1-8H3,(H,77,78)(H,79,80)/t64?,65-,66-,67-/m1/s1. The summed E-state index contributed by atoms with van der Waals surface area (Å²) in [6, 6.07) is 0. The van der Waals surface area contributed by atoms with Crippen molar-refractivity contribution in [3.63, 3.8) is 0 Å². The molecule has 0 fully saturated rings. The van der Waals surface area contributed by atoms with Gasteiger partial charge in [0, 0.05) is 25.7 Å². The monoisotopic (exact) mass is 1320 g/mol. The molecule has 0 heterocycles. The Morgan fingerprint density at radius 1 is 0.311 bits per heavy atom. The van der Waals surface area contributed by atoms with Crippen LogP contribution < -0.4 is 0 Å². The largest absolute Gasteiger partial charge is 0.472 e. The third kappa shape index (κ3) is 63.5. The number of aliphatic hydroxyl groups excluding tert-OH is 1. The topological polar surface area (TPSA) is 237 Å². The predicted octanol–water partition coefficient (Wildman–Crippen LogP) is 20.1. The maximum atomic E-state index is 13.0. The Labute approximate surface area is 549 Å². The molecule has 0 saturated carbocycles. The number of aliphatic hydroxyl groups is 1. The lowest BCUT2D eigenvalue weighted by atomic mass is 9.99. The summed E-state index contributed by atoms with van der Waals surface area (Å²) in [5.74, 6) is 0.857. The van der Waals surface area contributed by atoms with Crippen LogP contribution in [0.2, 0.25) is 0 Å². The van der Waals surface area contributed by atoms with Crippen LogP contribution in [0.15, 0.2) is 0 Å². The first-order valence-corrected chi connectivity index (χ1v) is 39.7. The average Bonchev–Trinajstić information content (AvgIpc) is 3.61. The Kier molecular flexibility index (Phi) is 59.4. The van der Waals surface area contributed by atoms with Crippen LogP contribution in [0, 0.1) is 23.7 Å². The molecule has 0 radical (unpaired) electrons. The second-order valence-electron chi connectivity index (χ2n) is 27.3. The summed E-state index contributed by atoms with van der Waals surface area (Å²) in [6.45, 7) is 14.1. The molecule has 0 aliphatic rings. The Hall–Kier alpha value is -1.94. The second kappa shape index (κ2) is 60.7. The number of phosphoric ester groups is 2. The highest BCUT2D eigenvalue weighted by molar-refractivity contribution is 7.47. The highest BCUT2D eigenvalue weighted by Gasteiger charge is 2.30. The van der Waals surface area contributed by atoms with Gasteiger partial charge in [-0.3, -0.25) is 37.3 Å². The Morgan fingerprint density at radius 2 is 0.533 bits per heavy atom. The molecule has 0 spiro atoms. The van der Waals surface area contributed by atoms with E-state index in [9.17, 15) is 43.2 Å². The van der Waals surface area contributed by atoms with Crippen LogP contribution in [0.1, 0.15) is 351 Å². The van der Waals surface area contributed by atoms with Crippen molar-refractivity contribution in [3.8, 4) is 0 Å². The van der Waals surface area contributed by atoms with E-state index in [1.165, 1.54) is 148 Å². The van der Waals surface area contributed by atoms with Gasteiger partial charge in [-0.2, -0.15) is 0 Å². The van der Waals surface area contributed by atoms with Gasteiger partial charge in [0.05, 0.1) is 26.4 Å². The molecule has 0 saturated heterocycles. The number of carbonyl (C=O) groups is 4. The van der Waals surface area contributed by atoms with E-state index in [1.807, 2.05) is 0 Å². The van der Waals surface area contributed by atoms with E-state index in [2.05, 4.69) is 55.4 Å². The number of hydrogen-bond donors (Lipinski definition) is 3. The van der Waals surface area contributed by atoms with E-state index in [1.54, 1.807) is 0 Å². The lowest BCUT2D eigenvalue weighted by molar-refractivity contribution is -0.161. The minimum atomic E-state index is -4.95. The molecule has 534 valence electrons. The van der Waals surface area contributed by atoms with Crippen LogP contribution in [0.4, 0.5) is 0 Å². The summed E-state index contributed by atoms with van der Waals surface area (Å²) < 4.78 is 68.3. The summed E-state index contributed by atoms with van der Waals surface area (Å²) in [5.41, 5.74) is 0. The van der Waals surface area contributed by atoms with Crippen molar-refractivity contribution in [3.05, 3.63) is 0 Å². The highest BCUT2D eigenvalue weighted by atomic mass is 31.2. The molecule has 0 amide bonds. The van der Waals surface area contributed by atoms with Gasteiger partial charge in [0.15, 0.2) is 12.2 Å². The van der Waals surface area contributed by atoms with Crippen LogP contribution in [0.5, 0.6) is 0 Å². The van der Waals surface area contributed by atoms with Gasteiger partial charge in [-0.25, -0.2) is 9.13 Å². The lowest BCUT2D eigenvalue weighted by Gasteiger charge is -2.21. The summed E-state index contributed by atoms with van der Waals surface area (Å²) >= 11 is 0. The van der Waals surface area contributed by atoms with E-state index in [0.29, 0.717) is 31.6 Å². The van der Waals surface area contributed by atoms with Crippen LogP contribution in [0.25, 0.3) is 0 Å². The number of unbranched alkanes of at least 4 members (excludes halogenated alkanes) is 33. The molecule has 90 heavy (non-hydrogen) atoms. The van der Waals surface area contributed by atoms with E-state index < -0.39 is 97.5 Å². The third-order valence-electron chi connectivity index (χ3n) is 16.7. The molecule has 0 aliphatic carbocycles. The molecule has 0 bridgehead atoms. The minimum Gasteiger partial charge on any atom is -0.462 e. The van der Waals surface area contributed by atoms with E-state index in [0.717, 1.165) is 114 Å². The van der Waals surface area contributed by atoms with Crippen LogP contribution >= 0.6 is 15.6 Å². The van der Waals surface area contributed by atoms with Gasteiger partial charge in [0.1, 0.15) is 19.3 Å². The first-order valence-electron chi connectivity index (χ1n) is 36.7. The first kappa shape index (κ1) is 88.1. The maximum absolute atomic E-state index is 13.0. The van der Waals surface area contributed by atoms with Crippen molar-refractivity contribution >= 4 is 39.5 Å². The zero-order chi connectivity index (χ0) is 66.8. The Balaban J connectivity index is 5.24. The lowest BCUT2D eigenvalue weighted by Crippen LogP contribution is -2.30. The molecule has 0 aromatic carbocycles. The highest BCUT2D eigenvalue weighted by Crippen LogP contribution is 2.45. The normalized spacial score (nSPS) is 14.6. The quantitative estimate of drug-likeness (QED) is 0.0222. The number of phosphoric acid groups is 2. The van der Waals surface area contributed by atoms with Crippen molar-refractivity contribution in [2.45, 2.75) is 369 Å². The number of carbonyl (C=O) groups excluding carboxylic acids is 4. The summed E-state index contributed by atoms with van der Waals surface area (Å²) in [6.07, 6.45) is 43.2. The zero-order valence-electron chi connectivity index (χ0n) is 58.8. The maximum Gasteiger partial charge on any atom is 0.472 e.